The number of benzene rings is 2. The summed E-state index contributed by atoms with van der Waals surface area (Å²) in [7, 11) is 0. The number of hydrogen-bond acceptors (Lipinski definition) is 2. The predicted octanol–water partition coefficient (Wildman–Crippen LogP) is 4.33. The topological polar surface area (TPSA) is 26.3 Å². The summed E-state index contributed by atoms with van der Waals surface area (Å²) in [6, 6.07) is 13.3. The molecule has 0 aliphatic carbocycles. The van der Waals surface area contributed by atoms with Crippen LogP contribution >= 0.6 is 15.9 Å². The van der Waals surface area contributed by atoms with E-state index in [1.54, 1.807) is 6.07 Å². The summed E-state index contributed by atoms with van der Waals surface area (Å²) in [4.78, 5) is 12.1. The quantitative estimate of drug-likeness (QED) is 0.784. The first-order chi connectivity index (χ1) is 9.06. The molecule has 0 heterocycles. The van der Waals surface area contributed by atoms with Crippen molar-refractivity contribution in [2.75, 3.05) is 6.61 Å². The Hall–Kier alpha value is -1.61. The fourth-order valence-corrected chi connectivity index (χ4v) is 2.44. The largest absolute Gasteiger partial charge is 0.485 e. The Kier molecular flexibility index (Phi) is 4.38. The van der Waals surface area contributed by atoms with Crippen molar-refractivity contribution in [2.45, 2.75) is 13.8 Å². The van der Waals surface area contributed by atoms with Crippen LogP contribution in [0.3, 0.4) is 0 Å². The summed E-state index contributed by atoms with van der Waals surface area (Å²) >= 11 is 3.37. The zero-order chi connectivity index (χ0) is 13.8. The van der Waals surface area contributed by atoms with Crippen molar-refractivity contribution in [3.05, 3.63) is 63.6 Å². The van der Waals surface area contributed by atoms with Crippen LogP contribution in [0, 0.1) is 13.8 Å². The number of Topliss-reactive ketones (excluding diaryl/α,β-unsaturated/α-hetero) is 1. The van der Waals surface area contributed by atoms with Crippen molar-refractivity contribution in [3.63, 3.8) is 0 Å². The number of aryl methyl sites for hydroxylation is 2. The first kappa shape index (κ1) is 13.8. The van der Waals surface area contributed by atoms with Crippen LogP contribution in [-0.2, 0) is 0 Å². The molecule has 2 aromatic carbocycles. The molecule has 19 heavy (non-hydrogen) atoms. The molecule has 0 fully saturated rings. The average molecular weight is 319 g/mol. The van der Waals surface area contributed by atoms with Crippen LogP contribution in [0.5, 0.6) is 5.75 Å². The Bertz CT molecular complexity index is 585. The third kappa shape index (κ3) is 3.67. The lowest BCUT2D eigenvalue weighted by Gasteiger charge is -2.08. The summed E-state index contributed by atoms with van der Waals surface area (Å²) in [5, 5.41) is 0. The lowest BCUT2D eigenvalue weighted by Crippen LogP contribution is -2.12. The Balaban J connectivity index is 2.07. The van der Waals surface area contributed by atoms with Crippen LogP contribution in [0.4, 0.5) is 0 Å². The first-order valence-electron chi connectivity index (χ1n) is 6.05. The van der Waals surface area contributed by atoms with E-state index in [0.717, 1.165) is 21.3 Å². The molecule has 0 aromatic heterocycles. The standard InChI is InChI=1S/C16H15BrO2/c1-11-7-12(2)9-13(8-11)19-10-16(18)14-5-3-4-6-15(14)17/h3-9H,10H2,1-2H3. The van der Waals surface area contributed by atoms with Gasteiger partial charge >= 0.3 is 0 Å². The highest BCUT2D eigenvalue weighted by Gasteiger charge is 2.10. The van der Waals surface area contributed by atoms with Crippen molar-refractivity contribution in [2.24, 2.45) is 0 Å². The van der Waals surface area contributed by atoms with Crippen molar-refractivity contribution >= 4 is 21.7 Å². The second-order valence-corrected chi connectivity index (χ2v) is 5.37. The molecule has 0 amide bonds. The number of carbonyl (C=O) groups excluding carboxylic acids is 1. The second kappa shape index (κ2) is 6.02. The van der Waals surface area contributed by atoms with Gasteiger partial charge in [0.1, 0.15) is 5.75 Å². The van der Waals surface area contributed by atoms with Gasteiger partial charge in [0.2, 0.25) is 5.78 Å². The minimum Gasteiger partial charge on any atom is -0.485 e. The van der Waals surface area contributed by atoms with Gasteiger partial charge in [-0.05, 0) is 43.2 Å². The van der Waals surface area contributed by atoms with Gasteiger partial charge in [-0.2, -0.15) is 0 Å². The first-order valence-corrected chi connectivity index (χ1v) is 6.84. The fraction of sp³-hybridized carbons (Fsp3) is 0.188. The van der Waals surface area contributed by atoms with Crippen LogP contribution in [0.25, 0.3) is 0 Å². The maximum atomic E-state index is 12.1. The summed E-state index contributed by atoms with van der Waals surface area (Å²) in [6.07, 6.45) is 0. The summed E-state index contributed by atoms with van der Waals surface area (Å²) in [5.74, 6) is 0.699. The lowest BCUT2D eigenvalue weighted by molar-refractivity contribution is 0.0920. The highest BCUT2D eigenvalue weighted by Crippen LogP contribution is 2.19. The van der Waals surface area contributed by atoms with Gasteiger partial charge in [0, 0.05) is 10.0 Å². The molecule has 0 spiro atoms. The third-order valence-corrected chi connectivity index (χ3v) is 3.43. The van der Waals surface area contributed by atoms with Crippen LogP contribution in [0.2, 0.25) is 0 Å². The molecule has 2 nitrogen and oxygen atoms in total. The minimum absolute atomic E-state index is 0.0355. The maximum absolute atomic E-state index is 12.1. The monoisotopic (exact) mass is 318 g/mol. The molecule has 2 aromatic rings. The molecule has 2 rings (SSSR count). The highest BCUT2D eigenvalue weighted by molar-refractivity contribution is 9.10. The average Bonchev–Trinajstić information content (AvgIpc) is 2.35. The number of hydrogen-bond donors (Lipinski definition) is 0. The molecule has 0 saturated heterocycles. The van der Waals surface area contributed by atoms with Crippen LogP contribution in [-0.4, -0.2) is 12.4 Å². The zero-order valence-corrected chi connectivity index (χ0v) is 12.5. The van der Waals surface area contributed by atoms with Crippen LogP contribution in [0.15, 0.2) is 46.9 Å². The minimum atomic E-state index is -0.0355. The number of ketones is 1. The van der Waals surface area contributed by atoms with E-state index in [9.17, 15) is 4.79 Å². The van der Waals surface area contributed by atoms with Gasteiger partial charge in [0.05, 0.1) is 0 Å². The van der Waals surface area contributed by atoms with E-state index in [2.05, 4.69) is 22.0 Å². The van der Waals surface area contributed by atoms with E-state index in [0.29, 0.717) is 5.56 Å². The molecule has 3 heteroatoms. The number of ether oxygens (including phenoxy) is 1. The molecule has 0 bridgehead atoms. The van der Waals surface area contributed by atoms with E-state index in [-0.39, 0.29) is 12.4 Å². The normalized spacial score (nSPS) is 10.3. The van der Waals surface area contributed by atoms with Gasteiger partial charge in [-0.25, -0.2) is 0 Å². The van der Waals surface area contributed by atoms with E-state index < -0.39 is 0 Å². The molecular weight excluding hydrogens is 304 g/mol. The van der Waals surface area contributed by atoms with Gasteiger partial charge in [-0.15, -0.1) is 0 Å². The molecule has 0 N–H and O–H groups in total. The third-order valence-electron chi connectivity index (χ3n) is 2.74. The second-order valence-electron chi connectivity index (χ2n) is 4.52. The van der Waals surface area contributed by atoms with Gasteiger partial charge in [0.25, 0.3) is 0 Å². The molecular formula is C16H15BrO2. The van der Waals surface area contributed by atoms with Gasteiger partial charge in [0.15, 0.2) is 6.61 Å². The molecule has 0 unspecified atom stereocenters. The van der Waals surface area contributed by atoms with Gasteiger partial charge in [-0.1, -0.05) is 40.2 Å². The van der Waals surface area contributed by atoms with Crippen LogP contribution < -0.4 is 4.74 Å². The highest BCUT2D eigenvalue weighted by atomic mass is 79.9. The fourth-order valence-electron chi connectivity index (χ4n) is 1.93. The van der Waals surface area contributed by atoms with E-state index >= 15 is 0 Å². The Morgan fingerprint density at radius 1 is 1.11 bits per heavy atom. The Labute approximate surface area is 121 Å². The van der Waals surface area contributed by atoms with Gasteiger partial charge in [-0.3, -0.25) is 4.79 Å². The van der Waals surface area contributed by atoms with Crippen molar-refractivity contribution < 1.29 is 9.53 Å². The zero-order valence-electron chi connectivity index (χ0n) is 10.9. The molecule has 0 saturated carbocycles. The van der Waals surface area contributed by atoms with Crippen molar-refractivity contribution in [3.8, 4) is 5.75 Å². The SMILES string of the molecule is Cc1cc(C)cc(OCC(=O)c2ccccc2Br)c1. The number of rotatable bonds is 4. The number of carbonyl (C=O) groups is 1. The molecule has 0 aliphatic heterocycles. The summed E-state index contributed by atoms with van der Waals surface area (Å²) in [6.45, 7) is 4.07. The molecule has 0 aliphatic rings. The predicted molar refractivity (Wildman–Crippen MR) is 79.9 cm³/mol. The summed E-state index contributed by atoms with van der Waals surface area (Å²) < 4.78 is 6.36. The molecule has 0 radical (unpaired) electrons. The number of halogens is 1. The molecule has 0 atom stereocenters. The van der Waals surface area contributed by atoms with Gasteiger partial charge < -0.3 is 4.74 Å². The molecule has 98 valence electrons. The lowest BCUT2D eigenvalue weighted by atomic mass is 10.1. The van der Waals surface area contributed by atoms with Crippen molar-refractivity contribution in [1.82, 2.24) is 0 Å². The van der Waals surface area contributed by atoms with E-state index in [4.69, 9.17) is 4.74 Å². The van der Waals surface area contributed by atoms with E-state index in [1.807, 2.05) is 44.2 Å². The Morgan fingerprint density at radius 2 is 1.74 bits per heavy atom. The van der Waals surface area contributed by atoms with E-state index in [1.165, 1.54) is 0 Å². The maximum Gasteiger partial charge on any atom is 0.201 e. The Morgan fingerprint density at radius 3 is 2.37 bits per heavy atom. The van der Waals surface area contributed by atoms with Crippen molar-refractivity contribution in [1.29, 1.82) is 0 Å². The smallest absolute Gasteiger partial charge is 0.201 e. The summed E-state index contributed by atoms with van der Waals surface area (Å²) in [5.41, 5.74) is 2.90. The van der Waals surface area contributed by atoms with Crippen LogP contribution in [0.1, 0.15) is 21.5 Å².